The standard InChI is InChI=1S/C7H10N2O3/c1-11-6-5-9(4-3-8-6)7(10)12-2/h3,5H,4H2,1-2H3. The van der Waals surface area contributed by atoms with Crippen molar-refractivity contribution in [2.45, 2.75) is 0 Å². The lowest BCUT2D eigenvalue weighted by Gasteiger charge is -2.17. The van der Waals surface area contributed by atoms with E-state index in [9.17, 15) is 4.79 Å². The molecular formula is C7H10N2O3. The van der Waals surface area contributed by atoms with Crippen LogP contribution in [-0.4, -0.2) is 38.0 Å². The van der Waals surface area contributed by atoms with Gasteiger partial charge in [0.15, 0.2) is 0 Å². The monoisotopic (exact) mass is 170 g/mol. The minimum absolute atomic E-state index is 0.395. The van der Waals surface area contributed by atoms with Crippen LogP contribution in [0, 0.1) is 0 Å². The first kappa shape index (κ1) is 8.58. The SMILES string of the molecule is COC(=O)N1C=C(OC)N=CC1. The van der Waals surface area contributed by atoms with E-state index in [1.165, 1.54) is 25.3 Å². The van der Waals surface area contributed by atoms with Crippen molar-refractivity contribution in [1.29, 1.82) is 0 Å². The lowest BCUT2D eigenvalue weighted by atomic mass is 10.5. The summed E-state index contributed by atoms with van der Waals surface area (Å²) in [7, 11) is 2.82. The second-order valence-corrected chi connectivity index (χ2v) is 2.11. The number of carbonyl (C=O) groups is 1. The molecule has 5 heteroatoms. The van der Waals surface area contributed by atoms with E-state index >= 15 is 0 Å². The van der Waals surface area contributed by atoms with Gasteiger partial charge < -0.3 is 9.47 Å². The molecule has 1 rings (SSSR count). The Balaban J connectivity index is 2.65. The maximum Gasteiger partial charge on any atom is 0.414 e. The second kappa shape index (κ2) is 3.75. The second-order valence-electron chi connectivity index (χ2n) is 2.11. The normalized spacial score (nSPS) is 15.5. The number of aliphatic imine (C=N–C) groups is 1. The van der Waals surface area contributed by atoms with Crippen molar-refractivity contribution in [3.63, 3.8) is 0 Å². The molecule has 0 bridgehead atoms. The fourth-order valence-corrected chi connectivity index (χ4v) is 0.788. The Morgan fingerprint density at radius 3 is 3.00 bits per heavy atom. The molecule has 0 aliphatic carbocycles. The van der Waals surface area contributed by atoms with Crippen LogP contribution in [0.2, 0.25) is 0 Å². The van der Waals surface area contributed by atoms with Gasteiger partial charge in [0, 0.05) is 6.21 Å². The molecule has 0 radical (unpaired) electrons. The number of carbonyl (C=O) groups excluding carboxylic acids is 1. The van der Waals surface area contributed by atoms with E-state index in [0.717, 1.165) is 0 Å². The summed E-state index contributed by atoms with van der Waals surface area (Å²) in [4.78, 5) is 16.2. The minimum Gasteiger partial charge on any atom is -0.480 e. The molecule has 0 spiro atoms. The van der Waals surface area contributed by atoms with Crippen molar-refractivity contribution < 1.29 is 14.3 Å². The van der Waals surface area contributed by atoms with Crippen LogP contribution in [0.5, 0.6) is 0 Å². The van der Waals surface area contributed by atoms with Gasteiger partial charge in [0.25, 0.3) is 0 Å². The Kier molecular flexibility index (Phi) is 2.68. The fourth-order valence-electron chi connectivity index (χ4n) is 0.788. The van der Waals surface area contributed by atoms with Gasteiger partial charge in [-0.05, 0) is 0 Å². The van der Waals surface area contributed by atoms with E-state index in [4.69, 9.17) is 4.74 Å². The number of amides is 1. The summed E-state index contributed by atoms with van der Waals surface area (Å²) in [5.74, 6) is 0.395. The lowest BCUT2D eigenvalue weighted by molar-refractivity contribution is 0.141. The van der Waals surface area contributed by atoms with Crippen molar-refractivity contribution in [2.75, 3.05) is 20.8 Å². The van der Waals surface area contributed by atoms with Crippen LogP contribution in [-0.2, 0) is 9.47 Å². The largest absolute Gasteiger partial charge is 0.480 e. The highest BCUT2D eigenvalue weighted by molar-refractivity contribution is 5.75. The molecule has 12 heavy (non-hydrogen) atoms. The van der Waals surface area contributed by atoms with E-state index in [2.05, 4.69) is 9.73 Å². The maximum atomic E-state index is 11.0. The van der Waals surface area contributed by atoms with Gasteiger partial charge in [0.2, 0.25) is 5.88 Å². The first-order chi connectivity index (χ1) is 5.77. The van der Waals surface area contributed by atoms with E-state index in [1.807, 2.05) is 0 Å². The Bertz CT molecular complexity index is 235. The van der Waals surface area contributed by atoms with Crippen LogP contribution >= 0.6 is 0 Å². The number of ether oxygens (including phenoxy) is 2. The number of methoxy groups -OCH3 is 2. The van der Waals surface area contributed by atoms with E-state index in [-0.39, 0.29) is 0 Å². The smallest absolute Gasteiger partial charge is 0.414 e. The summed E-state index contributed by atoms with van der Waals surface area (Å²) in [6, 6.07) is 0. The Morgan fingerprint density at radius 2 is 2.42 bits per heavy atom. The highest BCUT2D eigenvalue weighted by Gasteiger charge is 2.14. The number of nitrogens with zero attached hydrogens (tertiary/aromatic N) is 2. The molecule has 0 N–H and O–H groups in total. The van der Waals surface area contributed by atoms with Crippen molar-refractivity contribution in [2.24, 2.45) is 4.99 Å². The van der Waals surface area contributed by atoms with Gasteiger partial charge in [0.05, 0.1) is 27.0 Å². The predicted octanol–water partition coefficient (Wildman–Crippen LogP) is 0.584. The molecule has 0 fully saturated rings. The summed E-state index contributed by atoms with van der Waals surface area (Å²) < 4.78 is 9.34. The average molecular weight is 170 g/mol. The van der Waals surface area contributed by atoms with Crippen molar-refractivity contribution in [1.82, 2.24) is 4.90 Å². The quantitative estimate of drug-likeness (QED) is 0.578. The maximum absolute atomic E-state index is 11.0. The fraction of sp³-hybridized carbons (Fsp3) is 0.429. The van der Waals surface area contributed by atoms with Crippen molar-refractivity contribution in [3.05, 3.63) is 12.1 Å². The summed E-state index contributed by atoms with van der Waals surface area (Å²) in [6.45, 7) is 0.416. The molecule has 0 aromatic carbocycles. The van der Waals surface area contributed by atoms with Crippen molar-refractivity contribution in [3.8, 4) is 0 Å². The van der Waals surface area contributed by atoms with Crippen LogP contribution in [0.1, 0.15) is 0 Å². The molecule has 0 saturated heterocycles. The summed E-state index contributed by atoms with van der Waals surface area (Å²) in [6.07, 6.45) is 2.65. The molecule has 1 aliphatic rings. The van der Waals surface area contributed by atoms with E-state index in [0.29, 0.717) is 12.4 Å². The summed E-state index contributed by atoms with van der Waals surface area (Å²) >= 11 is 0. The van der Waals surface area contributed by atoms with Gasteiger partial charge >= 0.3 is 6.09 Å². The van der Waals surface area contributed by atoms with Crippen molar-refractivity contribution >= 4 is 12.3 Å². The van der Waals surface area contributed by atoms with Gasteiger partial charge in [0.1, 0.15) is 0 Å². The molecule has 66 valence electrons. The Morgan fingerprint density at radius 1 is 1.67 bits per heavy atom. The third-order valence-electron chi connectivity index (χ3n) is 1.38. The van der Waals surface area contributed by atoms with Gasteiger partial charge in [-0.15, -0.1) is 0 Å². The predicted molar refractivity (Wildman–Crippen MR) is 42.7 cm³/mol. The molecule has 0 unspecified atom stereocenters. The molecule has 0 atom stereocenters. The van der Waals surface area contributed by atoms with E-state index < -0.39 is 6.09 Å². The molecule has 1 heterocycles. The molecule has 0 aromatic heterocycles. The average Bonchev–Trinajstić information content (AvgIpc) is 2.17. The first-order valence-electron chi connectivity index (χ1n) is 3.41. The zero-order chi connectivity index (χ0) is 8.97. The third-order valence-corrected chi connectivity index (χ3v) is 1.38. The van der Waals surface area contributed by atoms with Gasteiger partial charge in [-0.1, -0.05) is 0 Å². The molecule has 0 saturated carbocycles. The molecule has 1 amide bonds. The Hall–Kier alpha value is -1.52. The van der Waals surface area contributed by atoms with Crippen LogP contribution in [0.3, 0.4) is 0 Å². The van der Waals surface area contributed by atoms with Crippen LogP contribution in [0.4, 0.5) is 4.79 Å². The van der Waals surface area contributed by atoms with Crippen LogP contribution < -0.4 is 0 Å². The highest BCUT2D eigenvalue weighted by Crippen LogP contribution is 2.05. The topological polar surface area (TPSA) is 51.1 Å². The highest BCUT2D eigenvalue weighted by atomic mass is 16.5. The zero-order valence-corrected chi connectivity index (χ0v) is 6.98. The molecule has 5 nitrogen and oxygen atoms in total. The first-order valence-corrected chi connectivity index (χ1v) is 3.41. The van der Waals surface area contributed by atoms with Crippen LogP contribution in [0.15, 0.2) is 17.1 Å². The molecule has 1 aliphatic heterocycles. The lowest BCUT2D eigenvalue weighted by Crippen LogP contribution is -2.29. The number of rotatable bonds is 1. The van der Waals surface area contributed by atoms with Gasteiger partial charge in [-0.2, -0.15) is 0 Å². The third kappa shape index (κ3) is 1.75. The zero-order valence-electron chi connectivity index (χ0n) is 6.98. The number of hydrogen-bond acceptors (Lipinski definition) is 4. The van der Waals surface area contributed by atoms with Gasteiger partial charge in [-0.3, -0.25) is 4.90 Å². The number of hydrogen-bond donors (Lipinski definition) is 0. The summed E-state index contributed by atoms with van der Waals surface area (Å²) in [5, 5.41) is 0. The Labute approximate surface area is 70.3 Å². The molecule has 0 aromatic rings. The summed E-state index contributed by atoms with van der Waals surface area (Å²) in [5.41, 5.74) is 0. The molecular weight excluding hydrogens is 160 g/mol. The van der Waals surface area contributed by atoms with Gasteiger partial charge in [-0.25, -0.2) is 9.79 Å². The van der Waals surface area contributed by atoms with E-state index in [1.54, 1.807) is 6.21 Å². The minimum atomic E-state index is -0.421. The van der Waals surface area contributed by atoms with Crippen LogP contribution in [0.25, 0.3) is 0 Å².